The zero-order valence-electron chi connectivity index (χ0n) is 12.2. The molecule has 0 bridgehead atoms. The highest BCUT2D eigenvalue weighted by atomic mass is 19.1. The number of halogens is 1. The Bertz CT molecular complexity index is 437. The maximum Gasteiger partial charge on any atom is 0.125 e. The van der Waals surface area contributed by atoms with E-state index >= 15 is 0 Å². The van der Waals surface area contributed by atoms with Gasteiger partial charge in [-0.25, -0.2) is 4.39 Å². The lowest BCUT2D eigenvalue weighted by Crippen LogP contribution is -2.26. The van der Waals surface area contributed by atoms with Gasteiger partial charge in [0, 0.05) is 18.8 Å². The summed E-state index contributed by atoms with van der Waals surface area (Å²) in [5.41, 5.74) is 7.89. The van der Waals surface area contributed by atoms with Crippen molar-refractivity contribution in [3.63, 3.8) is 0 Å². The molecule has 0 saturated carbocycles. The predicted molar refractivity (Wildman–Crippen MR) is 78.9 cm³/mol. The average Bonchev–Trinajstić information content (AvgIpc) is 2.77. The van der Waals surface area contributed by atoms with E-state index in [4.69, 9.17) is 5.73 Å². The zero-order chi connectivity index (χ0) is 14.0. The summed E-state index contributed by atoms with van der Waals surface area (Å²) in [5.74, 6) is 0.522. The van der Waals surface area contributed by atoms with Gasteiger partial charge in [0.1, 0.15) is 5.82 Å². The number of nitrogens with two attached hydrogens (primary N) is 1. The van der Waals surface area contributed by atoms with Gasteiger partial charge < -0.3 is 10.6 Å². The highest BCUT2D eigenvalue weighted by Crippen LogP contribution is 2.35. The van der Waals surface area contributed by atoms with Crippen LogP contribution in [0.1, 0.15) is 32.8 Å². The highest BCUT2D eigenvalue weighted by molar-refractivity contribution is 5.50. The van der Waals surface area contributed by atoms with Gasteiger partial charge >= 0.3 is 0 Å². The minimum Gasteiger partial charge on any atom is -0.371 e. The Balaban J connectivity index is 2.15. The van der Waals surface area contributed by atoms with Crippen molar-refractivity contribution in [1.29, 1.82) is 0 Å². The highest BCUT2D eigenvalue weighted by Gasteiger charge is 2.31. The second-order valence-corrected chi connectivity index (χ2v) is 6.65. The zero-order valence-corrected chi connectivity index (χ0v) is 12.2. The van der Waals surface area contributed by atoms with Crippen LogP contribution in [-0.2, 0) is 6.42 Å². The van der Waals surface area contributed by atoms with E-state index in [2.05, 4.69) is 31.7 Å². The fraction of sp³-hybridized carbons (Fsp3) is 0.625. The van der Waals surface area contributed by atoms with E-state index < -0.39 is 0 Å². The Hall–Kier alpha value is -1.09. The van der Waals surface area contributed by atoms with Crippen LogP contribution in [0.5, 0.6) is 0 Å². The normalized spacial score (nSPS) is 20.1. The molecular weight excluding hydrogens is 239 g/mol. The van der Waals surface area contributed by atoms with Gasteiger partial charge in [0.15, 0.2) is 0 Å². The quantitative estimate of drug-likeness (QED) is 0.908. The lowest BCUT2D eigenvalue weighted by molar-refractivity contribution is 0.263. The molecule has 19 heavy (non-hydrogen) atoms. The van der Waals surface area contributed by atoms with Crippen LogP contribution in [0.2, 0.25) is 0 Å². The minimum absolute atomic E-state index is 0.153. The van der Waals surface area contributed by atoms with Crippen molar-refractivity contribution < 1.29 is 4.39 Å². The number of anilines is 1. The van der Waals surface area contributed by atoms with Gasteiger partial charge in [0.2, 0.25) is 0 Å². The lowest BCUT2D eigenvalue weighted by Gasteiger charge is -2.27. The fourth-order valence-electron chi connectivity index (χ4n) is 2.83. The third-order valence-electron chi connectivity index (χ3n) is 4.15. The average molecular weight is 264 g/mol. The molecule has 1 fully saturated rings. The maximum absolute atomic E-state index is 13.7. The summed E-state index contributed by atoms with van der Waals surface area (Å²) in [6, 6.07) is 5.32. The topological polar surface area (TPSA) is 29.3 Å². The molecule has 3 heteroatoms. The van der Waals surface area contributed by atoms with Crippen LogP contribution in [0.15, 0.2) is 18.2 Å². The van der Waals surface area contributed by atoms with E-state index in [0.29, 0.717) is 17.9 Å². The molecule has 0 radical (unpaired) electrons. The number of benzene rings is 1. The van der Waals surface area contributed by atoms with Gasteiger partial charge in [-0.05, 0) is 54.5 Å². The van der Waals surface area contributed by atoms with E-state index in [-0.39, 0.29) is 5.82 Å². The number of hydrogen-bond donors (Lipinski definition) is 1. The second kappa shape index (κ2) is 5.49. The second-order valence-electron chi connectivity index (χ2n) is 6.65. The molecule has 1 aliphatic rings. The van der Waals surface area contributed by atoms with Crippen LogP contribution in [0.3, 0.4) is 0 Å². The minimum atomic E-state index is -0.153. The summed E-state index contributed by atoms with van der Waals surface area (Å²) in [6.45, 7) is 9.46. The van der Waals surface area contributed by atoms with Crippen LogP contribution in [0.4, 0.5) is 10.1 Å². The molecule has 2 rings (SSSR count). The summed E-state index contributed by atoms with van der Waals surface area (Å²) in [6.07, 6.45) is 1.92. The summed E-state index contributed by atoms with van der Waals surface area (Å²) in [4.78, 5) is 2.30. The van der Waals surface area contributed by atoms with Gasteiger partial charge in [0.05, 0.1) is 0 Å². The summed E-state index contributed by atoms with van der Waals surface area (Å²) >= 11 is 0. The van der Waals surface area contributed by atoms with Crippen molar-refractivity contribution in [3.05, 3.63) is 29.6 Å². The Morgan fingerprint density at radius 3 is 2.63 bits per heavy atom. The van der Waals surface area contributed by atoms with Crippen LogP contribution >= 0.6 is 0 Å². The molecule has 2 nitrogen and oxygen atoms in total. The largest absolute Gasteiger partial charge is 0.371 e. The van der Waals surface area contributed by atoms with Crippen molar-refractivity contribution in [2.45, 2.75) is 33.6 Å². The third-order valence-corrected chi connectivity index (χ3v) is 4.15. The molecule has 1 atom stereocenters. The maximum atomic E-state index is 13.7. The molecule has 1 aliphatic heterocycles. The smallest absolute Gasteiger partial charge is 0.125 e. The molecule has 106 valence electrons. The molecule has 1 aromatic rings. The van der Waals surface area contributed by atoms with E-state index in [9.17, 15) is 4.39 Å². The number of nitrogens with zero attached hydrogens (tertiary/aromatic N) is 1. The lowest BCUT2D eigenvalue weighted by atomic mass is 9.80. The van der Waals surface area contributed by atoms with Crippen LogP contribution < -0.4 is 10.6 Å². The van der Waals surface area contributed by atoms with E-state index in [0.717, 1.165) is 30.8 Å². The molecule has 1 heterocycles. The third kappa shape index (κ3) is 3.47. The van der Waals surface area contributed by atoms with E-state index in [1.165, 1.54) is 6.42 Å². The van der Waals surface area contributed by atoms with E-state index in [1.54, 1.807) is 12.1 Å². The molecule has 0 spiro atoms. The van der Waals surface area contributed by atoms with Gasteiger partial charge in [-0.3, -0.25) is 0 Å². The number of hydrogen-bond acceptors (Lipinski definition) is 2. The van der Waals surface area contributed by atoms with Crippen molar-refractivity contribution in [2.75, 3.05) is 24.5 Å². The molecule has 2 N–H and O–H groups in total. The first-order chi connectivity index (χ1) is 8.90. The Morgan fingerprint density at radius 2 is 2.05 bits per heavy atom. The predicted octanol–water partition coefficient (Wildman–Crippen LogP) is 3.20. The van der Waals surface area contributed by atoms with Crippen molar-refractivity contribution in [1.82, 2.24) is 0 Å². The van der Waals surface area contributed by atoms with Gasteiger partial charge in [-0.2, -0.15) is 0 Å². The van der Waals surface area contributed by atoms with Gasteiger partial charge in [-0.1, -0.05) is 20.8 Å². The molecule has 1 unspecified atom stereocenters. The van der Waals surface area contributed by atoms with Crippen LogP contribution in [0.25, 0.3) is 0 Å². The van der Waals surface area contributed by atoms with Crippen molar-refractivity contribution >= 4 is 5.69 Å². The first-order valence-corrected chi connectivity index (χ1v) is 7.14. The monoisotopic (exact) mass is 264 g/mol. The van der Waals surface area contributed by atoms with Crippen molar-refractivity contribution in [2.24, 2.45) is 17.1 Å². The Morgan fingerprint density at radius 1 is 1.32 bits per heavy atom. The molecule has 0 amide bonds. The fourth-order valence-corrected chi connectivity index (χ4v) is 2.83. The summed E-state index contributed by atoms with van der Waals surface area (Å²) in [5, 5.41) is 0. The van der Waals surface area contributed by atoms with Crippen LogP contribution in [-0.4, -0.2) is 19.6 Å². The molecule has 0 aliphatic carbocycles. The Kier molecular flexibility index (Phi) is 4.14. The van der Waals surface area contributed by atoms with Crippen molar-refractivity contribution in [3.8, 4) is 0 Å². The Labute approximate surface area is 115 Å². The molecular formula is C16H25FN2. The standard InChI is InChI=1S/C16H25FN2/c1-16(2,3)13-5-7-19(11-13)15-9-12(4-6-18)8-14(17)10-15/h8-10,13H,4-7,11,18H2,1-3H3. The van der Waals surface area contributed by atoms with Crippen LogP contribution in [0, 0.1) is 17.2 Å². The first kappa shape index (κ1) is 14.3. The van der Waals surface area contributed by atoms with Gasteiger partial charge in [0.25, 0.3) is 0 Å². The van der Waals surface area contributed by atoms with Gasteiger partial charge in [-0.15, -0.1) is 0 Å². The summed E-state index contributed by atoms with van der Waals surface area (Å²) in [7, 11) is 0. The molecule has 0 aromatic heterocycles. The molecule has 1 saturated heterocycles. The first-order valence-electron chi connectivity index (χ1n) is 7.14. The molecule has 1 aromatic carbocycles. The summed E-state index contributed by atoms with van der Waals surface area (Å²) < 4.78 is 13.7. The SMILES string of the molecule is CC(C)(C)C1CCN(c2cc(F)cc(CCN)c2)C1. The van der Waals surface area contributed by atoms with E-state index in [1.807, 2.05) is 0 Å². The number of rotatable bonds is 3.